The molecule has 5 nitrogen and oxygen atoms in total. The molecule has 5 heteroatoms. The van der Waals surface area contributed by atoms with Gasteiger partial charge < -0.3 is 19.5 Å². The number of ether oxygens (including phenoxy) is 1. The highest BCUT2D eigenvalue weighted by atomic mass is 16.5. The number of hydrogen-bond acceptors (Lipinski definition) is 4. The molecule has 0 amide bonds. The zero-order valence-electron chi connectivity index (χ0n) is 20.8. The molecule has 0 bridgehead atoms. The van der Waals surface area contributed by atoms with E-state index in [1.54, 1.807) is 37.5 Å². The minimum Gasteiger partial charge on any atom is -0.508 e. The fraction of sp³-hybridized carbons (Fsp3) is 0.536. The molecule has 3 rings (SSSR count). The van der Waals surface area contributed by atoms with Crippen molar-refractivity contribution in [3.05, 3.63) is 58.0 Å². The fourth-order valence-corrected chi connectivity index (χ4v) is 5.02. The summed E-state index contributed by atoms with van der Waals surface area (Å²) in [6.45, 7) is 11.1. The van der Waals surface area contributed by atoms with E-state index in [9.17, 15) is 15.0 Å². The number of pyridine rings is 1. The lowest BCUT2D eigenvalue weighted by atomic mass is 9.85. The lowest BCUT2D eigenvalue weighted by molar-refractivity contribution is -0.0631. The summed E-state index contributed by atoms with van der Waals surface area (Å²) in [5.74, 6) is 1.62. The lowest BCUT2D eigenvalue weighted by Gasteiger charge is -2.36. The molecule has 1 aliphatic rings. The van der Waals surface area contributed by atoms with Crippen molar-refractivity contribution in [2.45, 2.75) is 72.5 Å². The number of benzene rings is 1. The number of aromatic hydroxyl groups is 2. The first kappa shape index (κ1) is 25.1. The van der Waals surface area contributed by atoms with Crippen molar-refractivity contribution in [1.82, 2.24) is 4.57 Å². The van der Waals surface area contributed by atoms with Crippen molar-refractivity contribution >= 4 is 0 Å². The Balaban J connectivity index is 1.93. The van der Waals surface area contributed by atoms with Crippen molar-refractivity contribution in [2.24, 2.45) is 24.8 Å². The zero-order valence-corrected chi connectivity index (χ0v) is 20.8. The Morgan fingerprint density at radius 1 is 1.21 bits per heavy atom. The molecule has 2 N–H and O–H groups in total. The summed E-state index contributed by atoms with van der Waals surface area (Å²) in [4.78, 5) is 13.1. The minimum atomic E-state index is -0.463. The Hall–Kier alpha value is -2.53. The van der Waals surface area contributed by atoms with Gasteiger partial charge >= 0.3 is 0 Å². The second kappa shape index (κ2) is 10.6. The van der Waals surface area contributed by atoms with Gasteiger partial charge in [0.05, 0.1) is 17.8 Å². The summed E-state index contributed by atoms with van der Waals surface area (Å²) in [6, 6.07) is 6.61. The number of allylic oxidation sites excluding steroid dienone is 1. The predicted molar refractivity (Wildman–Crippen MR) is 133 cm³/mol. The molecule has 0 radical (unpaired) electrons. The van der Waals surface area contributed by atoms with Crippen LogP contribution in [0.1, 0.15) is 72.0 Å². The molecule has 1 aromatic carbocycles. The van der Waals surface area contributed by atoms with Crippen molar-refractivity contribution in [2.75, 3.05) is 0 Å². The molecule has 0 saturated carbocycles. The molecule has 1 aliphatic heterocycles. The fourth-order valence-electron chi connectivity index (χ4n) is 5.02. The van der Waals surface area contributed by atoms with Crippen LogP contribution in [0.3, 0.4) is 0 Å². The highest BCUT2D eigenvalue weighted by Gasteiger charge is 2.34. The van der Waals surface area contributed by atoms with E-state index in [1.807, 2.05) is 0 Å². The molecule has 2 heterocycles. The molecule has 0 unspecified atom stereocenters. The molecule has 0 spiro atoms. The summed E-state index contributed by atoms with van der Waals surface area (Å²) in [5, 5.41) is 20.8. The van der Waals surface area contributed by atoms with E-state index in [0.717, 1.165) is 18.4 Å². The van der Waals surface area contributed by atoms with Crippen LogP contribution in [-0.4, -0.2) is 20.9 Å². The first-order valence-corrected chi connectivity index (χ1v) is 12.2. The standard InChI is InChI=1S/C28H39NO4/c1-7-17(2)14-18(3)15-20(5)27-19(4)8-13-24(33-27)25-26(31)23(16-29(6)28(25)32)21-9-11-22(30)12-10-21/h9-12,15-19,24,27,30-31H,7-8,13-14H2,1-6H3/b20-15+/t17-,18-,19+,24+,27+/m0/s1. The number of aryl methyl sites for hydroxylation is 1. The molecule has 0 aliphatic carbocycles. The largest absolute Gasteiger partial charge is 0.508 e. The van der Waals surface area contributed by atoms with Gasteiger partial charge in [0, 0.05) is 18.8 Å². The molecule has 1 aromatic heterocycles. The number of phenols is 1. The minimum absolute atomic E-state index is 0.0335. The average Bonchev–Trinajstić information content (AvgIpc) is 2.77. The third kappa shape index (κ3) is 5.70. The number of aromatic nitrogens is 1. The second-order valence-electron chi connectivity index (χ2n) is 10.0. The van der Waals surface area contributed by atoms with E-state index in [1.165, 1.54) is 16.6 Å². The second-order valence-corrected chi connectivity index (χ2v) is 10.0. The number of hydrogen-bond donors (Lipinski definition) is 2. The topological polar surface area (TPSA) is 71.7 Å². The van der Waals surface area contributed by atoms with Gasteiger partial charge in [-0.25, -0.2) is 0 Å². The highest BCUT2D eigenvalue weighted by Crippen LogP contribution is 2.42. The maximum absolute atomic E-state index is 13.1. The lowest BCUT2D eigenvalue weighted by Crippen LogP contribution is -2.34. The third-order valence-corrected chi connectivity index (χ3v) is 7.06. The molecule has 2 aromatic rings. The van der Waals surface area contributed by atoms with E-state index in [-0.39, 0.29) is 23.2 Å². The summed E-state index contributed by atoms with van der Waals surface area (Å²) in [7, 11) is 1.69. The van der Waals surface area contributed by atoms with Gasteiger partial charge in [-0.15, -0.1) is 0 Å². The first-order valence-electron chi connectivity index (χ1n) is 12.2. The number of nitrogens with zero attached hydrogens (tertiary/aromatic N) is 1. The normalized spacial score (nSPS) is 23.3. The van der Waals surface area contributed by atoms with Crippen LogP contribution in [0.5, 0.6) is 11.5 Å². The molecule has 1 saturated heterocycles. The van der Waals surface area contributed by atoms with Crippen LogP contribution in [0.25, 0.3) is 11.1 Å². The van der Waals surface area contributed by atoms with Crippen molar-refractivity contribution in [3.8, 4) is 22.6 Å². The summed E-state index contributed by atoms with van der Waals surface area (Å²) in [5.41, 5.74) is 2.58. The van der Waals surface area contributed by atoms with Gasteiger partial charge in [-0.3, -0.25) is 4.79 Å². The summed E-state index contributed by atoms with van der Waals surface area (Å²) >= 11 is 0. The van der Waals surface area contributed by atoms with Gasteiger partial charge in [0.1, 0.15) is 11.5 Å². The molecule has 33 heavy (non-hydrogen) atoms. The summed E-state index contributed by atoms with van der Waals surface area (Å²) in [6.07, 6.45) is 7.35. The molecule has 180 valence electrons. The number of phenolic OH excluding ortho intramolecular Hbond substituents is 1. The van der Waals surface area contributed by atoms with E-state index in [4.69, 9.17) is 4.74 Å². The Kier molecular flexibility index (Phi) is 8.06. The van der Waals surface area contributed by atoms with Gasteiger partial charge in [0.25, 0.3) is 5.56 Å². The van der Waals surface area contributed by atoms with Gasteiger partial charge in [-0.05, 0) is 67.2 Å². The van der Waals surface area contributed by atoms with Crippen LogP contribution in [0.2, 0.25) is 0 Å². The van der Waals surface area contributed by atoms with E-state index in [0.29, 0.717) is 35.3 Å². The van der Waals surface area contributed by atoms with Crippen LogP contribution in [0.15, 0.2) is 46.9 Å². The van der Waals surface area contributed by atoms with Crippen molar-refractivity contribution in [3.63, 3.8) is 0 Å². The smallest absolute Gasteiger partial charge is 0.259 e. The Bertz CT molecular complexity index is 1040. The van der Waals surface area contributed by atoms with Crippen LogP contribution in [0.4, 0.5) is 0 Å². The quantitative estimate of drug-likeness (QED) is 0.480. The maximum Gasteiger partial charge on any atom is 0.259 e. The Morgan fingerprint density at radius 3 is 2.52 bits per heavy atom. The van der Waals surface area contributed by atoms with E-state index >= 15 is 0 Å². The number of rotatable bonds is 7. The van der Waals surface area contributed by atoms with Gasteiger partial charge in [0.2, 0.25) is 0 Å². The molecular formula is C28H39NO4. The van der Waals surface area contributed by atoms with Gasteiger partial charge in [-0.1, -0.05) is 52.3 Å². The van der Waals surface area contributed by atoms with Gasteiger partial charge in [-0.2, -0.15) is 0 Å². The molecular weight excluding hydrogens is 414 g/mol. The summed E-state index contributed by atoms with van der Waals surface area (Å²) < 4.78 is 8.03. The third-order valence-electron chi connectivity index (χ3n) is 7.06. The van der Waals surface area contributed by atoms with E-state index < -0.39 is 6.10 Å². The van der Waals surface area contributed by atoms with E-state index in [2.05, 4.69) is 40.7 Å². The van der Waals surface area contributed by atoms with Crippen molar-refractivity contribution in [1.29, 1.82) is 0 Å². The monoisotopic (exact) mass is 453 g/mol. The maximum atomic E-state index is 13.1. The zero-order chi connectivity index (χ0) is 24.3. The average molecular weight is 454 g/mol. The van der Waals surface area contributed by atoms with Crippen LogP contribution < -0.4 is 5.56 Å². The Morgan fingerprint density at radius 2 is 1.88 bits per heavy atom. The van der Waals surface area contributed by atoms with Crippen LogP contribution >= 0.6 is 0 Å². The van der Waals surface area contributed by atoms with Crippen LogP contribution in [0, 0.1) is 17.8 Å². The SMILES string of the molecule is CC[C@H](C)C[C@H](C)/C=C(\C)[C@@H]1O[C@@H](c2c(O)c(-c3ccc(O)cc3)cn(C)c2=O)CC[C@H]1C. The van der Waals surface area contributed by atoms with Crippen molar-refractivity contribution < 1.29 is 14.9 Å². The molecule has 5 atom stereocenters. The predicted octanol–water partition coefficient (Wildman–Crippen LogP) is 6.34. The molecule has 1 fully saturated rings. The van der Waals surface area contributed by atoms with Gasteiger partial charge in [0.15, 0.2) is 0 Å². The Labute approximate surface area is 197 Å². The highest BCUT2D eigenvalue weighted by molar-refractivity contribution is 5.71. The van der Waals surface area contributed by atoms with Crippen LogP contribution in [-0.2, 0) is 11.8 Å². The first-order chi connectivity index (χ1) is 15.6.